The van der Waals surface area contributed by atoms with Gasteiger partial charge >= 0.3 is 5.97 Å². The Balaban J connectivity index is 1.55. The van der Waals surface area contributed by atoms with Gasteiger partial charge in [-0.1, -0.05) is 6.07 Å². The molecule has 0 bridgehead atoms. The van der Waals surface area contributed by atoms with Crippen molar-refractivity contribution in [3.63, 3.8) is 0 Å². The van der Waals surface area contributed by atoms with E-state index in [1.165, 1.54) is 5.56 Å². The van der Waals surface area contributed by atoms with Crippen LogP contribution in [0.15, 0.2) is 18.2 Å². The molecule has 1 aromatic carbocycles. The lowest BCUT2D eigenvalue weighted by Crippen LogP contribution is -2.35. The highest BCUT2D eigenvalue weighted by Gasteiger charge is 2.21. The van der Waals surface area contributed by atoms with E-state index in [-0.39, 0.29) is 6.42 Å². The Bertz CT molecular complexity index is 517. The monoisotopic (exact) mass is 291 g/mol. The molecule has 3 rings (SSSR count). The van der Waals surface area contributed by atoms with Gasteiger partial charge in [-0.05, 0) is 49.4 Å². The molecule has 5 nitrogen and oxygen atoms in total. The predicted octanol–water partition coefficient (Wildman–Crippen LogP) is 2.49. The topological polar surface area (TPSA) is 59.0 Å². The number of hydrogen-bond acceptors (Lipinski definition) is 4. The molecule has 114 valence electrons. The summed E-state index contributed by atoms with van der Waals surface area (Å²) in [5, 5.41) is 8.80. The van der Waals surface area contributed by atoms with Gasteiger partial charge in [0.1, 0.15) is 0 Å². The van der Waals surface area contributed by atoms with E-state index >= 15 is 0 Å². The molecule has 0 amide bonds. The quantitative estimate of drug-likeness (QED) is 0.903. The van der Waals surface area contributed by atoms with Gasteiger partial charge in [0.15, 0.2) is 11.5 Å². The first-order valence-electron chi connectivity index (χ1n) is 7.53. The Kier molecular flexibility index (Phi) is 4.29. The lowest BCUT2D eigenvalue weighted by Gasteiger charge is -2.32. The molecule has 5 heteroatoms. The molecular weight excluding hydrogens is 270 g/mol. The van der Waals surface area contributed by atoms with E-state index in [4.69, 9.17) is 14.6 Å². The average Bonchev–Trinajstić information content (AvgIpc) is 2.93. The summed E-state index contributed by atoms with van der Waals surface area (Å²) in [4.78, 5) is 13.1. The summed E-state index contributed by atoms with van der Waals surface area (Å²) in [6, 6.07) is 6.08. The molecular formula is C16H21NO4. The largest absolute Gasteiger partial charge is 0.481 e. The first-order chi connectivity index (χ1) is 10.2. The van der Waals surface area contributed by atoms with Crippen LogP contribution in [0, 0.1) is 5.92 Å². The highest BCUT2D eigenvalue weighted by Crippen LogP contribution is 2.33. The van der Waals surface area contributed by atoms with Crippen LogP contribution in [-0.4, -0.2) is 35.9 Å². The lowest BCUT2D eigenvalue weighted by atomic mass is 9.93. The van der Waals surface area contributed by atoms with E-state index in [1.54, 1.807) is 0 Å². The molecule has 0 radical (unpaired) electrons. The molecule has 1 fully saturated rings. The van der Waals surface area contributed by atoms with Crippen molar-refractivity contribution in [2.24, 2.45) is 5.92 Å². The fourth-order valence-electron chi connectivity index (χ4n) is 3.16. The van der Waals surface area contributed by atoms with Crippen LogP contribution in [0.1, 0.15) is 31.2 Å². The number of hydrogen-bond donors (Lipinski definition) is 1. The Morgan fingerprint density at radius 3 is 3.05 bits per heavy atom. The van der Waals surface area contributed by atoms with Crippen molar-refractivity contribution in [2.45, 2.75) is 32.2 Å². The molecule has 1 saturated heterocycles. The first kappa shape index (κ1) is 14.2. The van der Waals surface area contributed by atoms with Crippen LogP contribution in [-0.2, 0) is 11.3 Å². The summed E-state index contributed by atoms with van der Waals surface area (Å²) in [5.74, 6) is 1.45. The average molecular weight is 291 g/mol. The predicted molar refractivity (Wildman–Crippen MR) is 77.4 cm³/mol. The van der Waals surface area contributed by atoms with Crippen molar-refractivity contribution in [1.29, 1.82) is 0 Å². The van der Waals surface area contributed by atoms with Crippen LogP contribution < -0.4 is 9.47 Å². The third-order valence-electron chi connectivity index (χ3n) is 4.21. The number of likely N-dealkylation sites (tertiary alicyclic amines) is 1. The van der Waals surface area contributed by atoms with Gasteiger partial charge in [-0.25, -0.2) is 0 Å². The minimum absolute atomic E-state index is 0.280. The Labute approximate surface area is 124 Å². The molecule has 2 aliphatic heterocycles. The van der Waals surface area contributed by atoms with Crippen molar-refractivity contribution in [3.8, 4) is 11.5 Å². The Hall–Kier alpha value is -1.75. The number of carboxylic acid groups (broad SMARTS) is 1. The molecule has 0 aliphatic carbocycles. The number of carbonyl (C=O) groups is 1. The highest BCUT2D eigenvalue weighted by atomic mass is 16.7. The summed E-state index contributed by atoms with van der Waals surface area (Å²) >= 11 is 0. The standard InChI is InChI=1S/C16H21NO4/c18-16(19)6-4-12-2-1-7-17(9-12)10-13-3-5-14-15(8-13)21-11-20-14/h3,5,8,12H,1-2,4,6-7,9-11H2,(H,18,19). The molecule has 2 aliphatic rings. The van der Waals surface area contributed by atoms with Gasteiger partial charge in [0, 0.05) is 19.5 Å². The van der Waals surface area contributed by atoms with E-state index in [0.29, 0.717) is 12.7 Å². The number of nitrogens with zero attached hydrogens (tertiary/aromatic N) is 1. The van der Waals surface area contributed by atoms with E-state index in [1.807, 2.05) is 12.1 Å². The van der Waals surface area contributed by atoms with Gasteiger partial charge < -0.3 is 14.6 Å². The molecule has 1 unspecified atom stereocenters. The third kappa shape index (κ3) is 3.67. The maximum Gasteiger partial charge on any atom is 0.303 e. The highest BCUT2D eigenvalue weighted by molar-refractivity contribution is 5.66. The van der Waals surface area contributed by atoms with Gasteiger partial charge in [-0.15, -0.1) is 0 Å². The molecule has 1 N–H and O–H groups in total. The van der Waals surface area contributed by atoms with Crippen LogP contribution in [0.2, 0.25) is 0 Å². The minimum Gasteiger partial charge on any atom is -0.481 e. The summed E-state index contributed by atoms with van der Waals surface area (Å²) in [5.41, 5.74) is 1.22. The van der Waals surface area contributed by atoms with Crippen LogP contribution >= 0.6 is 0 Å². The smallest absolute Gasteiger partial charge is 0.303 e. The van der Waals surface area contributed by atoms with Gasteiger partial charge in [0.25, 0.3) is 0 Å². The van der Waals surface area contributed by atoms with Crippen molar-refractivity contribution in [3.05, 3.63) is 23.8 Å². The van der Waals surface area contributed by atoms with E-state index in [0.717, 1.165) is 50.4 Å². The van der Waals surface area contributed by atoms with Crippen LogP contribution in [0.4, 0.5) is 0 Å². The molecule has 2 heterocycles. The van der Waals surface area contributed by atoms with Gasteiger partial charge in [0.05, 0.1) is 0 Å². The maximum atomic E-state index is 10.7. The minimum atomic E-state index is -0.692. The molecule has 0 spiro atoms. The zero-order chi connectivity index (χ0) is 14.7. The first-order valence-corrected chi connectivity index (χ1v) is 7.53. The van der Waals surface area contributed by atoms with Crippen LogP contribution in [0.3, 0.4) is 0 Å². The summed E-state index contributed by atoms with van der Waals surface area (Å²) in [6.07, 6.45) is 3.36. The van der Waals surface area contributed by atoms with E-state index in [9.17, 15) is 4.79 Å². The molecule has 1 aromatic rings. The number of rotatable bonds is 5. The third-order valence-corrected chi connectivity index (χ3v) is 4.21. The van der Waals surface area contributed by atoms with Crippen LogP contribution in [0.5, 0.6) is 11.5 Å². The number of benzene rings is 1. The molecule has 1 atom stereocenters. The summed E-state index contributed by atoms with van der Waals surface area (Å²) in [6.45, 7) is 3.26. The van der Waals surface area contributed by atoms with Gasteiger partial charge in [0.2, 0.25) is 6.79 Å². The lowest BCUT2D eigenvalue weighted by molar-refractivity contribution is -0.137. The SMILES string of the molecule is O=C(O)CCC1CCCN(Cc2ccc3c(c2)OCO3)C1. The number of aliphatic carboxylic acids is 1. The Morgan fingerprint density at radius 2 is 2.19 bits per heavy atom. The second-order valence-electron chi connectivity index (χ2n) is 5.86. The number of fused-ring (bicyclic) bond motifs is 1. The fourth-order valence-corrected chi connectivity index (χ4v) is 3.16. The molecule has 0 saturated carbocycles. The van der Waals surface area contributed by atoms with Crippen molar-refractivity contribution < 1.29 is 19.4 Å². The van der Waals surface area contributed by atoms with Crippen LogP contribution in [0.25, 0.3) is 0 Å². The van der Waals surface area contributed by atoms with Crippen molar-refractivity contribution in [1.82, 2.24) is 4.90 Å². The zero-order valence-electron chi connectivity index (χ0n) is 12.1. The van der Waals surface area contributed by atoms with E-state index in [2.05, 4.69) is 11.0 Å². The second-order valence-corrected chi connectivity index (χ2v) is 5.86. The normalized spacial score (nSPS) is 21.4. The van der Waals surface area contributed by atoms with E-state index < -0.39 is 5.97 Å². The number of carboxylic acids is 1. The fraction of sp³-hybridized carbons (Fsp3) is 0.562. The van der Waals surface area contributed by atoms with Gasteiger partial charge in [-0.2, -0.15) is 0 Å². The number of piperidine rings is 1. The number of ether oxygens (including phenoxy) is 2. The molecule has 0 aromatic heterocycles. The second kappa shape index (κ2) is 6.35. The zero-order valence-corrected chi connectivity index (χ0v) is 12.1. The van der Waals surface area contributed by atoms with Crippen molar-refractivity contribution in [2.75, 3.05) is 19.9 Å². The maximum absolute atomic E-state index is 10.7. The van der Waals surface area contributed by atoms with Gasteiger partial charge in [-0.3, -0.25) is 9.69 Å². The summed E-state index contributed by atoms with van der Waals surface area (Å²) in [7, 11) is 0. The van der Waals surface area contributed by atoms with Crippen molar-refractivity contribution >= 4 is 5.97 Å². The Morgan fingerprint density at radius 1 is 1.33 bits per heavy atom. The molecule has 21 heavy (non-hydrogen) atoms. The summed E-state index contributed by atoms with van der Waals surface area (Å²) < 4.78 is 10.7.